The van der Waals surface area contributed by atoms with Crippen LogP contribution in [-0.4, -0.2) is 11.5 Å². The van der Waals surface area contributed by atoms with Gasteiger partial charge in [-0.15, -0.1) is 0 Å². The molecule has 0 N–H and O–H groups in total. The van der Waals surface area contributed by atoms with Crippen molar-refractivity contribution in [2.24, 2.45) is 0 Å². The monoisotopic (exact) mass is 206 g/mol. The van der Waals surface area contributed by atoms with Crippen molar-refractivity contribution in [3.05, 3.63) is 41.5 Å². The van der Waals surface area contributed by atoms with Crippen molar-refractivity contribution >= 4 is 24.5 Å². The molecule has 0 aromatic heterocycles. The second kappa shape index (κ2) is 5.66. The number of carbonyl (C=O) groups is 1. The van der Waals surface area contributed by atoms with Crippen LogP contribution in [0.5, 0.6) is 0 Å². The van der Waals surface area contributed by atoms with Crippen molar-refractivity contribution in [2.45, 2.75) is 13.3 Å². The summed E-state index contributed by atoms with van der Waals surface area (Å²) in [6.45, 7) is 1.87. The summed E-state index contributed by atoms with van der Waals surface area (Å²) in [5.74, 6) is 0.921. The van der Waals surface area contributed by atoms with Gasteiger partial charge >= 0.3 is 0 Å². The third kappa shape index (κ3) is 3.04. The van der Waals surface area contributed by atoms with E-state index in [1.165, 1.54) is 0 Å². The van der Waals surface area contributed by atoms with E-state index >= 15 is 0 Å². The van der Waals surface area contributed by atoms with Gasteiger partial charge in [-0.25, -0.2) is 0 Å². The molecule has 0 heterocycles. The molecule has 74 valence electrons. The van der Waals surface area contributed by atoms with E-state index in [0.29, 0.717) is 6.42 Å². The van der Waals surface area contributed by atoms with Crippen molar-refractivity contribution in [1.82, 2.24) is 0 Å². The standard InChI is InChI=1S/C12H14OS/c1-2-12(13)11-7-5-10(6-8-11)4-3-9-14/h3-8,14H,2,9H2,1H3. The summed E-state index contributed by atoms with van der Waals surface area (Å²) in [7, 11) is 0. The molecule has 0 aliphatic rings. The Balaban J connectivity index is 2.78. The van der Waals surface area contributed by atoms with Gasteiger partial charge in [0.2, 0.25) is 0 Å². The lowest BCUT2D eigenvalue weighted by atomic mass is 10.1. The minimum atomic E-state index is 0.190. The molecule has 0 bridgehead atoms. The van der Waals surface area contributed by atoms with Crippen LogP contribution in [0.3, 0.4) is 0 Å². The zero-order valence-electron chi connectivity index (χ0n) is 8.23. The summed E-state index contributed by atoms with van der Waals surface area (Å²) in [6, 6.07) is 7.62. The lowest BCUT2D eigenvalue weighted by Gasteiger charge is -1.98. The summed E-state index contributed by atoms with van der Waals surface area (Å²) >= 11 is 4.08. The minimum Gasteiger partial charge on any atom is -0.294 e. The quantitative estimate of drug-likeness (QED) is 0.591. The summed E-state index contributed by atoms with van der Waals surface area (Å²) in [4.78, 5) is 11.3. The van der Waals surface area contributed by atoms with Crippen LogP contribution in [0.25, 0.3) is 6.08 Å². The van der Waals surface area contributed by atoms with Gasteiger partial charge in [-0.05, 0) is 5.56 Å². The first-order valence-corrected chi connectivity index (χ1v) is 5.32. The van der Waals surface area contributed by atoms with E-state index in [4.69, 9.17) is 0 Å². The Labute approximate surface area is 90.2 Å². The highest BCUT2D eigenvalue weighted by atomic mass is 32.1. The van der Waals surface area contributed by atoms with Crippen LogP contribution in [-0.2, 0) is 0 Å². The summed E-state index contributed by atoms with van der Waals surface area (Å²) in [6.07, 6.45) is 4.53. The average molecular weight is 206 g/mol. The SMILES string of the molecule is CCC(=O)c1ccc(C=CCS)cc1. The molecule has 0 aliphatic heterocycles. The van der Waals surface area contributed by atoms with Crippen molar-refractivity contribution < 1.29 is 4.79 Å². The van der Waals surface area contributed by atoms with E-state index in [0.717, 1.165) is 16.9 Å². The lowest BCUT2D eigenvalue weighted by Crippen LogP contribution is -1.95. The maximum absolute atomic E-state index is 11.3. The molecule has 0 saturated heterocycles. The first-order chi connectivity index (χ1) is 6.77. The molecule has 1 aromatic rings. The normalized spacial score (nSPS) is 10.7. The number of benzene rings is 1. The Morgan fingerprint density at radius 1 is 1.36 bits per heavy atom. The van der Waals surface area contributed by atoms with Crippen LogP contribution in [0.4, 0.5) is 0 Å². The van der Waals surface area contributed by atoms with E-state index in [1.54, 1.807) is 0 Å². The second-order valence-corrected chi connectivity index (χ2v) is 3.35. The molecule has 0 aliphatic carbocycles. The number of ketones is 1. The first kappa shape index (κ1) is 11.1. The zero-order chi connectivity index (χ0) is 10.4. The fraction of sp³-hybridized carbons (Fsp3) is 0.250. The van der Waals surface area contributed by atoms with Gasteiger partial charge in [0, 0.05) is 17.7 Å². The number of rotatable bonds is 4. The van der Waals surface area contributed by atoms with E-state index in [1.807, 2.05) is 43.3 Å². The van der Waals surface area contributed by atoms with Gasteiger partial charge in [-0.1, -0.05) is 43.3 Å². The predicted molar refractivity (Wildman–Crippen MR) is 64.0 cm³/mol. The third-order valence-corrected chi connectivity index (χ3v) is 2.18. The van der Waals surface area contributed by atoms with E-state index in [9.17, 15) is 4.79 Å². The van der Waals surface area contributed by atoms with E-state index < -0.39 is 0 Å². The number of carbonyl (C=O) groups excluding carboxylic acids is 1. The first-order valence-electron chi connectivity index (χ1n) is 4.68. The molecule has 0 saturated carbocycles. The molecule has 0 fully saturated rings. The average Bonchev–Trinajstić information content (AvgIpc) is 2.26. The lowest BCUT2D eigenvalue weighted by molar-refractivity contribution is 0.0988. The van der Waals surface area contributed by atoms with E-state index in [-0.39, 0.29) is 5.78 Å². The molecule has 0 atom stereocenters. The number of hydrogen-bond acceptors (Lipinski definition) is 2. The maximum atomic E-state index is 11.3. The Hall–Kier alpha value is -1.02. The van der Waals surface area contributed by atoms with Crippen molar-refractivity contribution in [3.8, 4) is 0 Å². The molecule has 14 heavy (non-hydrogen) atoms. The number of Topliss-reactive ketones (excluding diaryl/α,β-unsaturated/α-hetero) is 1. The topological polar surface area (TPSA) is 17.1 Å². The molecule has 2 heteroatoms. The number of thiol groups is 1. The zero-order valence-corrected chi connectivity index (χ0v) is 9.13. The molecule has 1 aromatic carbocycles. The van der Waals surface area contributed by atoms with Gasteiger partial charge in [0.15, 0.2) is 5.78 Å². The van der Waals surface area contributed by atoms with Gasteiger partial charge in [0.25, 0.3) is 0 Å². The van der Waals surface area contributed by atoms with Crippen LogP contribution in [0.15, 0.2) is 30.3 Å². The van der Waals surface area contributed by atoms with Gasteiger partial charge < -0.3 is 0 Å². The van der Waals surface area contributed by atoms with Crippen molar-refractivity contribution in [2.75, 3.05) is 5.75 Å². The molecular weight excluding hydrogens is 192 g/mol. The Kier molecular flexibility index (Phi) is 4.47. The highest BCUT2D eigenvalue weighted by molar-refractivity contribution is 7.80. The van der Waals surface area contributed by atoms with Gasteiger partial charge in [0.1, 0.15) is 0 Å². The van der Waals surface area contributed by atoms with Crippen LogP contribution >= 0.6 is 12.6 Å². The Morgan fingerprint density at radius 3 is 2.50 bits per heavy atom. The molecule has 0 unspecified atom stereocenters. The highest BCUT2D eigenvalue weighted by Gasteiger charge is 2.00. The molecule has 0 radical (unpaired) electrons. The van der Waals surface area contributed by atoms with Crippen LogP contribution in [0.2, 0.25) is 0 Å². The molecule has 0 spiro atoms. The highest BCUT2D eigenvalue weighted by Crippen LogP contribution is 2.08. The van der Waals surface area contributed by atoms with Crippen LogP contribution in [0.1, 0.15) is 29.3 Å². The maximum Gasteiger partial charge on any atom is 0.162 e. The molecule has 1 rings (SSSR count). The van der Waals surface area contributed by atoms with Gasteiger partial charge in [-0.2, -0.15) is 12.6 Å². The molecule has 1 nitrogen and oxygen atoms in total. The van der Waals surface area contributed by atoms with Crippen LogP contribution < -0.4 is 0 Å². The third-order valence-electron chi connectivity index (χ3n) is 1.97. The second-order valence-electron chi connectivity index (χ2n) is 2.98. The largest absolute Gasteiger partial charge is 0.294 e. The fourth-order valence-corrected chi connectivity index (χ4v) is 1.28. The summed E-state index contributed by atoms with van der Waals surface area (Å²) < 4.78 is 0. The van der Waals surface area contributed by atoms with Crippen LogP contribution in [0, 0.1) is 0 Å². The Morgan fingerprint density at radius 2 is 2.00 bits per heavy atom. The fourth-order valence-electron chi connectivity index (χ4n) is 1.17. The Bertz CT molecular complexity index is 325. The van der Waals surface area contributed by atoms with Crippen molar-refractivity contribution in [3.63, 3.8) is 0 Å². The molecule has 0 amide bonds. The van der Waals surface area contributed by atoms with E-state index in [2.05, 4.69) is 12.6 Å². The smallest absolute Gasteiger partial charge is 0.162 e. The molecular formula is C12H14OS. The van der Waals surface area contributed by atoms with Crippen molar-refractivity contribution in [1.29, 1.82) is 0 Å². The minimum absolute atomic E-state index is 0.190. The summed E-state index contributed by atoms with van der Waals surface area (Å²) in [5.41, 5.74) is 1.89. The summed E-state index contributed by atoms with van der Waals surface area (Å²) in [5, 5.41) is 0. The van der Waals surface area contributed by atoms with Gasteiger partial charge in [-0.3, -0.25) is 4.79 Å². The number of hydrogen-bond donors (Lipinski definition) is 1. The predicted octanol–water partition coefficient (Wildman–Crippen LogP) is 3.22. The van der Waals surface area contributed by atoms with Gasteiger partial charge in [0.05, 0.1) is 0 Å².